The van der Waals surface area contributed by atoms with Gasteiger partial charge in [-0.3, -0.25) is 0 Å². The summed E-state index contributed by atoms with van der Waals surface area (Å²) in [6.07, 6.45) is 10.5. The van der Waals surface area contributed by atoms with E-state index in [2.05, 4.69) is 105 Å². The molecular formula is C30H38O. The molecule has 0 fully saturated rings. The lowest BCUT2D eigenvalue weighted by atomic mass is 9.80. The number of rotatable bonds is 13. The molecule has 0 bridgehead atoms. The first-order valence-electron chi connectivity index (χ1n) is 12.1. The molecule has 3 aromatic rings. The summed E-state index contributed by atoms with van der Waals surface area (Å²) in [5.41, 5.74) is 2.93. The highest BCUT2D eigenvalue weighted by molar-refractivity contribution is 5.47. The maximum Gasteiger partial charge on any atom is 0.144 e. The summed E-state index contributed by atoms with van der Waals surface area (Å²) in [6.45, 7) is 4.51. The third kappa shape index (κ3) is 6.31. The van der Waals surface area contributed by atoms with E-state index in [4.69, 9.17) is 4.74 Å². The third-order valence-corrected chi connectivity index (χ3v) is 6.13. The molecule has 1 atom stereocenters. The van der Waals surface area contributed by atoms with E-state index in [1.54, 1.807) is 0 Å². The van der Waals surface area contributed by atoms with E-state index in [9.17, 15) is 0 Å². The number of benzene rings is 3. The number of unbranched alkanes of at least 4 members (excludes halogenated alkanes) is 6. The van der Waals surface area contributed by atoms with Crippen LogP contribution in [0.4, 0.5) is 0 Å². The highest BCUT2D eigenvalue weighted by Gasteiger charge is 2.38. The van der Waals surface area contributed by atoms with Gasteiger partial charge in [0.15, 0.2) is 0 Å². The minimum Gasteiger partial charge on any atom is -0.358 e. The van der Waals surface area contributed by atoms with Crippen molar-refractivity contribution in [1.29, 1.82) is 0 Å². The molecule has 0 amide bonds. The quantitative estimate of drug-likeness (QED) is 0.201. The van der Waals surface area contributed by atoms with Crippen molar-refractivity contribution in [3.05, 3.63) is 108 Å². The molecule has 1 nitrogen and oxygen atoms in total. The molecule has 31 heavy (non-hydrogen) atoms. The van der Waals surface area contributed by atoms with Crippen LogP contribution in [-0.2, 0) is 10.3 Å². The highest BCUT2D eigenvalue weighted by Crippen LogP contribution is 2.41. The maximum atomic E-state index is 7.04. The van der Waals surface area contributed by atoms with E-state index in [0.717, 1.165) is 6.42 Å². The molecule has 0 heterocycles. The Kier molecular flexibility index (Phi) is 9.37. The second-order valence-electron chi connectivity index (χ2n) is 8.62. The highest BCUT2D eigenvalue weighted by atomic mass is 16.5. The lowest BCUT2D eigenvalue weighted by Crippen LogP contribution is -2.36. The van der Waals surface area contributed by atoms with Crippen LogP contribution in [-0.4, -0.2) is 6.10 Å². The first-order chi connectivity index (χ1) is 15.3. The van der Waals surface area contributed by atoms with Crippen LogP contribution >= 0.6 is 0 Å². The summed E-state index contributed by atoms with van der Waals surface area (Å²) < 4.78 is 7.04. The van der Waals surface area contributed by atoms with E-state index in [1.807, 2.05) is 0 Å². The topological polar surface area (TPSA) is 9.23 Å². The lowest BCUT2D eigenvalue weighted by Gasteiger charge is -2.38. The Labute approximate surface area is 189 Å². The summed E-state index contributed by atoms with van der Waals surface area (Å²) >= 11 is 0. The van der Waals surface area contributed by atoms with Crippen molar-refractivity contribution in [2.24, 2.45) is 0 Å². The minimum atomic E-state index is -0.607. The SMILES string of the molecule is CCCCCCCCCC(C)OC(c1ccccc1)(c1ccccc1)c1ccccc1. The van der Waals surface area contributed by atoms with Gasteiger partial charge in [-0.25, -0.2) is 0 Å². The van der Waals surface area contributed by atoms with Crippen LogP contribution in [0.25, 0.3) is 0 Å². The molecule has 0 radical (unpaired) electrons. The molecule has 3 rings (SSSR count). The van der Waals surface area contributed by atoms with Crippen LogP contribution in [0.15, 0.2) is 91.0 Å². The van der Waals surface area contributed by atoms with Gasteiger partial charge in [0, 0.05) is 0 Å². The number of hydrogen-bond acceptors (Lipinski definition) is 1. The molecule has 1 heteroatoms. The Morgan fingerprint density at radius 1 is 0.581 bits per heavy atom. The zero-order chi connectivity index (χ0) is 21.8. The van der Waals surface area contributed by atoms with Crippen LogP contribution in [0.1, 0.15) is 81.9 Å². The first kappa shape index (κ1) is 23.3. The van der Waals surface area contributed by atoms with Gasteiger partial charge in [-0.2, -0.15) is 0 Å². The van der Waals surface area contributed by atoms with Gasteiger partial charge in [-0.15, -0.1) is 0 Å². The molecule has 0 saturated carbocycles. The van der Waals surface area contributed by atoms with Gasteiger partial charge in [0.25, 0.3) is 0 Å². The second-order valence-corrected chi connectivity index (χ2v) is 8.62. The Balaban J connectivity index is 1.83. The van der Waals surface area contributed by atoms with Gasteiger partial charge < -0.3 is 4.74 Å². The molecule has 0 saturated heterocycles. The van der Waals surface area contributed by atoms with Gasteiger partial charge in [0.05, 0.1) is 6.10 Å². The van der Waals surface area contributed by atoms with Gasteiger partial charge in [-0.05, 0) is 30.0 Å². The second kappa shape index (κ2) is 12.5. The summed E-state index contributed by atoms with van der Waals surface area (Å²) in [5.74, 6) is 0. The van der Waals surface area contributed by atoms with Crippen LogP contribution in [0.2, 0.25) is 0 Å². The summed E-state index contributed by atoms with van der Waals surface area (Å²) in [4.78, 5) is 0. The third-order valence-electron chi connectivity index (χ3n) is 6.13. The normalized spacial score (nSPS) is 12.6. The fourth-order valence-corrected chi connectivity index (χ4v) is 4.47. The molecule has 0 N–H and O–H groups in total. The van der Waals surface area contributed by atoms with Crippen molar-refractivity contribution in [3.63, 3.8) is 0 Å². The number of ether oxygens (including phenoxy) is 1. The summed E-state index contributed by atoms with van der Waals surface area (Å²) in [6, 6.07) is 32.1. The van der Waals surface area contributed by atoms with Gasteiger partial charge >= 0.3 is 0 Å². The van der Waals surface area contributed by atoms with Crippen molar-refractivity contribution >= 4 is 0 Å². The standard InChI is InChI=1S/C30H38O/c1-3-4-5-6-7-8-12-19-26(2)31-30(27-20-13-9-14-21-27,28-22-15-10-16-23-28)29-24-17-11-18-25-29/h9-11,13-18,20-26H,3-8,12,19H2,1-2H3. The van der Waals surface area contributed by atoms with Gasteiger partial charge in [0.2, 0.25) is 0 Å². The van der Waals surface area contributed by atoms with Crippen molar-refractivity contribution in [1.82, 2.24) is 0 Å². The smallest absolute Gasteiger partial charge is 0.144 e. The van der Waals surface area contributed by atoms with Crippen LogP contribution in [0.3, 0.4) is 0 Å². The molecule has 3 aromatic carbocycles. The Bertz CT molecular complexity index is 745. The first-order valence-corrected chi connectivity index (χ1v) is 12.1. The fourth-order valence-electron chi connectivity index (χ4n) is 4.47. The molecule has 164 valence electrons. The van der Waals surface area contributed by atoms with E-state index in [0.29, 0.717) is 0 Å². The van der Waals surface area contributed by atoms with Crippen molar-refractivity contribution < 1.29 is 4.74 Å². The zero-order valence-corrected chi connectivity index (χ0v) is 19.3. The summed E-state index contributed by atoms with van der Waals surface area (Å²) in [5, 5.41) is 0. The lowest BCUT2D eigenvalue weighted by molar-refractivity contribution is -0.0427. The van der Waals surface area contributed by atoms with E-state index in [1.165, 1.54) is 61.6 Å². The minimum absolute atomic E-state index is 0.163. The predicted molar refractivity (Wildman–Crippen MR) is 132 cm³/mol. The Morgan fingerprint density at radius 3 is 1.39 bits per heavy atom. The fraction of sp³-hybridized carbons (Fsp3) is 0.400. The number of hydrogen-bond donors (Lipinski definition) is 0. The Morgan fingerprint density at radius 2 is 0.968 bits per heavy atom. The molecule has 0 aromatic heterocycles. The van der Waals surface area contributed by atoms with Crippen molar-refractivity contribution in [3.8, 4) is 0 Å². The van der Waals surface area contributed by atoms with Gasteiger partial charge in [-0.1, -0.05) is 143 Å². The van der Waals surface area contributed by atoms with E-state index in [-0.39, 0.29) is 6.10 Å². The zero-order valence-electron chi connectivity index (χ0n) is 19.3. The van der Waals surface area contributed by atoms with Crippen LogP contribution < -0.4 is 0 Å². The monoisotopic (exact) mass is 414 g/mol. The van der Waals surface area contributed by atoms with Crippen molar-refractivity contribution in [2.45, 2.75) is 76.9 Å². The largest absolute Gasteiger partial charge is 0.358 e. The average molecular weight is 415 g/mol. The molecule has 0 aliphatic rings. The molecule has 0 aliphatic carbocycles. The molecule has 0 spiro atoms. The average Bonchev–Trinajstić information content (AvgIpc) is 2.83. The molecular weight excluding hydrogens is 376 g/mol. The Hall–Kier alpha value is -2.38. The van der Waals surface area contributed by atoms with E-state index < -0.39 is 5.60 Å². The molecule has 0 aliphatic heterocycles. The van der Waals surface area contributed by atoms with Gasteiger partial charge in [0.1, 0.15) is 5.60 Å². The maximum absolute atomic E-state index is 7.04. The predicted octanol–water partition coefficient (Wildman–Crippen LogP) is 8.52. The summed E-state index contributed by atoms with van der Waals surface area (Å²) in [7, 11) is 0. The van der Waals surface area contributed by atoms with Crippen LogP contribution in [0, 0.1) is 0 Å². The molecule has 1 unspecified atom stereocenters. The van der Waals surface area contributed by atoms with Crippen LogP contribution in [0.5, 0.6) is 0 Å². The van der Waals surface area contributed by atoms with Crippen molar-refractivity contribution in [2.75, 3.05) is 0 Å². The van der Waals surface area contributed by atoms with E-state index >= 15 is 0 Å².